The van der Waals surface area contributed by atoms with Gasteiger partial charge in [-0.1, -0.05) is 39.9 Å². The van der Waals surface area contributed by atoms with Crippen molar-refractivity contribution in [2.45, 2.75) is 29.3 Å². The molecule has 0 bridgehead atoms. The van der Waals surface area contributed by atoms with Crippen molar-refractivity contribution in [1.29, 1.82) is 0 Å². The van der Waals surface area contributed by atoms with Gasteiger partial charge >= 0.3 is 5.97 Å². The number of aromatic nitrogens is 2. The lowest BCUT2D eigenvalue weighted by Gasteiger charge is -2.50. The van der Waals surface area contributed by atoms with Gasteiger partial charge in [-0.3, -0.25) is 24.6 Å². The van der Waals surface area contributed by atoms with Crippen LogP contribution < -0.4 is 11.1 Å². The maximum absolute atomic E-state index is 13.1. The third kappa shape index (κ3) is 5.54. The van der Waals surface area contributed by atoms with Crippen LogP contribution in [0, 0.1) is 10.1 Å². The largest absolute Gasteiger partial charge is 0.477 e. The molecule has 0 radical (unpaired) electrons. The zero-order valence-electron chi connectivity index (χ0n) is 20.4. The molecule has 5 rings (SSSR count). The highest BCUT2D eigenvalue weighted by molar-refractivity contribution is 8.04. The number of carbonyl (C=O) groups excluding carboxylic acids is 2. The summed E-state index contributed by atoms with van der Waals surface area (Å²) in [6, 6.07) is 2.49. The molecule has 1 aromatic carbocycles. The van der Waals surface area contributed by atoms with Crippen LogP contribution in [-0.2, 0) is 19.2 Å². The smallest absolute Gasteiger partial charge is 0.353 e. The van der Waals surface area contributed by atoms with Crippen molar-refractivity contribution in [2.24, 2.45) is 5.16 Å². The molecule has 4 heterocycles. The molecular formula is C22H17ClFN7O7S3. The number of alkyl halides is 1. The summed E-state index contributed by atoms with van der Waals surface area (Å²) in [5, 5.41) is 27.3. The van der Waals surface area contributed by atoms with Crippen molar-refractivity contribution in [3.63, 3.8) is 0 Å². The highest BCUT2D eigenvalue weighted by Gasteiger charge is 2.54. The van der Waals surface area contributed by atoms with Gasteiger partial charge in [0, 0.05) is 17.0 Å². The van der Waals surface area contributed by atoms with E-state index in [1.54, 1.807) is 0 Å². The molecule has 2 atom stereocenters. The van der Waals surface area contributed by atoms with Crippen LogP contribution in [0.3, 0.4) is 0 Å². The molecule has 1 unspecified atom stereocenters. The van der Waals surface area contributed by atoms with Gasteiger partial charge in [-0.25, -0.2) is 19.2 Å². The second-order valence-corrected chi connectivity index (χ2v) is 12.5. The summed E-state index contributed by atoms with van der Waals surface area (Å²) in [6.45, 7) is -1.31. The van der Waals surface area contributed by atoms with Crippen molar-refractivity contribution in [3.05, 3.63) is 48.9 Å². The summed E-state index contributed by atoms with van der Waals surface area (Å²) < 4.78 is 13.6. The number of carboxylic acids is 1. The molecule has 2 aliphatic rings. The van der Waals surface area contributed by atoms with Crippen LogP contribution in [0.2, 0.25) is 4.34 Å². The molecule has 0 saturated carbocycles. The van der Waals surface area contributed by atoms with Crippen LogP contribution in [0.4, 0.5) is 15.2 Å². The number of hydrogen-bond acceptors (Lipinski definition) is 13. The number of nitrogens with zero attached hydrogens (tertiary/aromatic N) is 5. The van der Waals surface area contributed by atoms with E-state index in [1.165, 1.54) is 18.2 Å². The number of carbonyl (C=O) groups is 3. The van der Waals surface area contributed by atoms with E-state index in [2.05, 4.69) is 20.4 Å². The minimum absolute atomic E-state index is 0.0293. The number of carboxylic acid groups (broad SMARTS) is 1. The van der Waals surface area contributed by atoms with Crippen LogP contribution in [0.5, 0.6) is 0 Å². The van der Waals surface area contributed by atoms with Gasteiger partial charge in [-0.15, -0.1) is 11.3 Å². The first kappa shape index (κ1) is 28.7. The summed E-state index contributed by atoms with van der Waals surface area (Å²) >= 11 is 9.22. The maximum Gasteiger partial charge on any atom is 0.353 e. The Hall–Kier alpha value is -3.87. The number of thioether (sulfide) groups is 1. The highest BCUT2D eigenvalue weighted by Crippen LogP contribution is 2.45. The van der Waals surface area contributed by atoms with Crippen LogP contribution in [0.1, 0.15) is 18.5 Å². The van der Waals surface area contributed by atoms with E-state index in [4.69, 9.17) is 22.2 Å². The van der Waals surface area contributed by atoms with E-state index in [0.29, 0.717) is 25.9 Å². The number of anilines is 1. The van der Waals surface area contributed by atoms with Gasteiger partial charge < -0.3 is 21.0 Å². The van der Waals surface area contributed by atoms with Crippen LogP contribution in [0.25, 0.3) is 10.2 Å². The SMILES string of the molecule is Nc1nc(/C(=N/OCCF)C(=O)N[C@@H]2C(=O)N3C(C(=O)O)=C(Sc4nc5ccc([N+](=O)[O-])cc5s4)CCC23)c(Cl)s1. The summed E-state index contributed by atoms with van der Waals surface area (Å²) in [5.41, 5.74) is 5.32. The summed E-state index contributed by atoms with van der Waals surface area (Å²) in [7, 11) is 0. The number of allylic oxidation sites excluding steroid dienone is 1. The number of rotatable bonds is 10. The molecule has 41 heavy (non-hydrogen) atoms. The highest BCUT2D eigenvalue weighted by atomic mass is 35.5. The first-order chi connectivity index (χ1) is 19.6. The zero-order valence-corrected chi connectivity index (χ0v) is 23.6. The number of oxime groups is 1. The normalized spacial score (nSPS) is 18.7. The molecule has 1 saturated heterocycles. The molecule has 214 valence electrons. The first-order valence-electron chi connectivity index (χ1n) is 11.6. The number of benzene rings is 1. The van der Waals surface area contributed by atoms with Crippen LogP contribution >= 0.6 is 46.0 Å². The first-order valence-corrected chi connectivity index (χ1v) is 14.4. The molecule has 0 aliphatic carbocycles. The lowest BCUT2D eigenvalue weighted by molar-refractivity contribution is -0.384. The molecule has 2 amide bonds. The lowest BCUT2D eigenvalue weighted by Crippen LogP contribution is -2.72. The van der Waals surface area contributed by atoms with Crippen molar-refractivity contribution in [3.8, 4) is 0 Å². The number of β-lactam (4-membered cyclic amide) rings is 1. The minimum atomic E-state index is -1.33. The van der Waals surface area contributed by atoms with Gasteiger partial charge in [-0.05, 0) is 18.9 Å². The van der Waals surface area contributed by atoms with E-state index >= 15 is 0 Å². The van der Waals surface area contributed by atoms with Crippen molar-refractivity contribution in [1.82, 2.24) is 20.2 Å². The number of fused-ring (bicyclic) bond motifs is 2. The molecule has 1 fully saturated rings. The number of nitro groups is 1. The predicted octanol–water partition coefficient (Wildman–Crippen LogP) is 3.16. The Bertz CT molecular complexity index is 1660. The van der Waals surface area contributed by atoms with Gasteiger partial charge in [0.2, 0.25) is 0 Å². The number of hydrogen-bond donors (Lipinski definition) is 3. The second-order valence-electron chi connectivity index (χ2n) is 8.47. The predicted molar refractivity (Wildman–Crippen MR) is 149 cm³/mol. The van der Waals surface area contributed by atoms with E-state index in [0.717, 1.165) is 39.3 Å². The quantitative estimate of drug-likeness (QED) is 0.0964. The van der Waals surface area contributed by atoms with Gasteiger partial charge in [-0.2, -0.15) is 0 Å². The fraction of sp³-hybridized carbons (Fsp3) is 0.273. The Labute approximate surface area is 246 Å². The zero-order chi connectivity index (χ0) is 29.4. The molecule has 14 nitrogen and oxygen atoms in total. The van der Waals surface area contributed by atoms with Crippen molar-refractivity contribution in [2.75, 3.05) is 19.0 Å². The molecule has 3 aromatic rings. The number of nitrogens with two attached hydrogens (primary N) is 1. The van der Waals surface area contributed by atoms with Gasteiger partial charge in [0.05, 0.1) is 21.2 Å². The Morgan fingerprint density at radius 2 is 2.17 bits per heavy atom. The number of amides is 2. The Kier molecular flexibility index (Phi) is 8.07. The summed E-state index contributed by atoms with van der Waals surface area (Å²) in [4.78, 5) is 63.7. The number of nitrogen functional groups attached to an aromatic ring is 1. The second kappa shape index (κ2) is 11.6. The van der Waals surface area contributed by atoms with Gasteiger partial charge in [0.15, 0.2) is 15.2 Å². The van der Waals surface area contributed by atoms with E-state index in [1.807, 2.05) is 0 Å². The molecule has 4 N–H and O–H groups in total. The van der Waals surface area contributed by atoms with Crippen molar-refractivity contribution >= 4 is 90.6 Å². The van der Waals surface area contributed by atoms with Gasteiger partial charge in [0.1, 0.15) is 35.1 Å². The third-order valence-corrected chi connectivity index (χ3v) is 9.33. The average molecular weight is 642 g/mol. The number of aliphatic carboxylic acids is 1. The van der Waals surface area contributed by atoms with E-state index < -0.39 is 53.8 Å². The molecule has 2 aliphatic heterocycles. The Morgan fingerprint density at radius 3 is 2.83 bits per heavy atom. The fourth-order valence-electron chi connectivity index (χ4n) is 4.29. The van der Waals surface area contributed by atoms with Crippen LogP contribution in [-0.4, -0.2) is 73.8 Å². The standard InChI is InChI=1S/C22H17ClFN7O7S3/c23-17-14(28-21(25)41-17)15(29-38-6-5-24)18(32)27-13-10-3-4-11(16(20(34)35)30(10)19(13)33)39-22-26-9-2-1-8(31(36)37)7-12(9)40-22/h1-2,7,10,13H,3-6H2,(H2,25,28)(H,27,32)(H,34,35)/b29-15-/t10?,13-/m0/s1. The summed E-state index contributed by atoms with van der Waals surface area (Å²) in [6.07, 6.45) is 0.583. The molecule has 0 spiro atoms. The monoisotopic (exact) mass is 641 g/mol. The lowest BCUT2D eigenvalue weighted by atomic mass is 9.86. The topological polar surface area (TPSA) is 203 Å². The third-order valence-electron chi connectivity index (χ3n) is 6.02. The van der Waals surface area contributed by atoms with Gasteiger partial charge in [0.25, 0.3) is 17.5 Å². The van der Waals surface area contributed by atoms with E-state index in [9.17, 15) is 34.0 Å². The van der Waals surface area contributed by atoms with Crippen LogP contribution in [0.15, 0.2) is 38.3 Å². The fourth-order valence-corrected chi connectivity index (χ4v) is 7.55. The Morgan fingerprint density at radius 1 is 1.39 bits per heavy atom. The van der Waals surface area contributed by atoms with E-state index in [-0.39, 0.29) is 33.0 Å². The number of halogens is 2. The molecule has 2 aromatic heterocycles. The number of nitrogens with one attached hydrogen (secondary N) is 1. The number of non-ortho nitro benzene ring substituents is 1. The maximum atomic E-state index is 13.1. The average Bonchev–Trinajstić information content (AvgIpc) is 3.49. The summed E-state index contributed by atoms with van der Waals surface area (Å²) in [5.74, 6) is -2.89. The molecule has 19 heteroatoms. The number of nitro benzene ring substituents is 1. The number of thiazole rings is 2. The minimum Gasteiger partial charge on any atom is -0.477 e. The molecular weight excluding hydrogens is 625 g/mol. The van der Waals surface area contributed by atoms with Crippen molar-refractivity contribution < 1.29 is 33.6 Å². The Balaban J connectivity index is 1.36.